The minimum absolute atomic E-state index is 0.0227. The smallest absolute Gasteiger partial charge is 0.201 e. The summed E-state index contributed by atoms with van der Waals surface area (Å²) in [5.74, 6) is -2.88. The van der Waals surface area contributed by atoms with Crippen molar-refractivity contribution in [2.24, 2.45) is 0 Å². The maximum absolute atomic E-state index is 13.9. The van der Waals surface area contributed by atoms with Crippen LogP contribution in [-0.4, -0.2) is 36.2 Å². The molecule has 1 aliphatic heterocycles. The summed E-state index contributed by atoms with van der Waals surface area (Å²) in [6.45, 7) is 3.21. The first-order valence-corrected chi connectivity index (χ1v) is 8.61. The van der Waals surface area contributed by atoms with Crippen molar-refractivity contribution >= 4 is 27.3 Å². The fraction of sp³-hybridized carbons (Fsp3) is 0.333. The van der Waals surface area contributed by atoms with Crippen LogP contribution >= 0.6 is 27.3 Å². The number of halogens is 3. The highest BCUT2D eigenvalue weighted by Crippen LogP contribution is 2.40. The highest BCUT2D eigenvalue weighted by Gasteiger charge is 2.30. The Morgan fingerprint density at radius 2 is 2.00 bits per heavy atom. The van der Waals surface area contributed by atoms with Gasteiger partial charge >= 0.3 is 0 Å². The van der Waals surface area contributed by atoms with Gasteiger partial charge in [0.15, 0.2) is 11.6 Å². The lowest BCUT2D eigenvalue weighted by molar-refractivity contribution is 0.197. The molecular formula is C15H15BrF2N2OS. The molecular weight excluding hydrogens is 374 g/mol. The second-order valence-electron chi connectivity index (χ2n) is 5.13. The monoisotopic (exact) mass is 388 g/mol. The van der Waals surface area contributed by atoms with Crippen LogP contribution in [0.4, 0.5) is 8.78 Å². The predicted octanol–water partition coefficient (Wildman–Crippen LogP) is 3.49. The topological polar surface area (TPSA) is 35.5 Å². The Bertz CT molecular complexity index is 660. The van der Waals surface area contributed by atoms with Crippen molar-refractivity contribution in [3.8, 4) is 5.75 Å². The Balaban J connectivity index is 2.10. The molecule has 7 heteroatoms. The highest BCUT2D eigenvalue weighted by molar-refractivity contribution is 9.10. The molecule has 0 amide bonds. The molecule has 0 aliphatic carbocycles. The van der Waals surface area contributed by atoms with Crippen molar-refractivity contribution < 1.29 is 13.9 Å². The quantitative estimate of drug-likeness (QED) is 0.790. The fourth-order valence-corrected chi connectivity index (χ4v) is 4.03. The van der Waals surface area contributed by atoms with Crippen molar-refractivity contribution in [1.82, 2.24) is 10.2 Å². The van der Waals surface area contributed by atoms with E-state index < -0.39 is 17.4 Å². The number of hydrogen-bond donors (Lipinski definition) is 2. The van der Waals surface area contributed by atoms with Crippen LogP contribution in [0, 0.1) is 11.6 Å². The van der Waals surface area contributed by atoms with E-state index in [1.807, 2.05) is 17.5 Å². The van der Waals surface area contributed by atoms with Gasteiger partial charge in [0.1, 0.15) is 0 Å². The summed E-state index contributed by atoms with van der Waals surface area (Å²) in [6, 6.07) is 5.06. The largest absolute Gasteiger partial charge is 0.505 e. The zero-order valence-corrected chi connectivity index (χ0v) is 14.1. The standard InChI is InChI=1S/C15H15BrF2N2OS/c16-10-8-9(15(21)13(18)12(10)17)14(11-2-1-7-22-11)20-5-3-19-4-6-20/h1-2,7-8,14,19,21H,3-6H2/t14-/m1/s1. The van der Waals surface area contributed by atoms with E-state index in [9.17, 15) is 13.9 Å². The van der Waals surface area contributed by atoms with Crippen LogP contribution in [0.1, 0.15) is 16.5 Å². The molecule has 0 radical (unpaired) electrons. The van der Waals surface area contributed by atoms with Gasteiger partial charge in [-0.15, -0.1) is 11.3 Å². The Morgan fingerprint density at radius 3 is 2.64 bits per heavy atom. The van der Waals surface area contributed by atoms with E-state index >= 15 is 0 Å². The Hall–Kier alpha value is -1.02. The van der Waals surface area contributed by atoms with Crippen LogP contribution in [-0.2, 0) is 0 Å². The molecule has 1 aliphatic rings. The highest BCUT2D eigenvalue weighted by atomic mass is 79.9. The number of phenols is 1. The molecule has 1 atom stereocenters. The number of aromatic hydroxyl groups is 1. The van der Waals surface area contributed by atoms with Gasteiger partial charge < -0.3 is 10.4 Å². The average Bonchev–Trinajstić information content (AvgIpc) is 3.05. The number of phenolic OH excluding ortho intramolecular Hbond substituents is 1. The zero-order valence-electron chi connectivity index (χ0n) is 11.7. The molecule has 2 N–H and O–H groups in total. The van der Waals surface area contributed by atoms with Crippen molar-refractivity contribution in [3.63, 3.8) is 0 Å². The SMILES string of the molecule is Oc1c([C@H](c2cccs2)N2CCNCC2)cc(Br)c(F)c1F. The van der Waals surface area contributed by atoms with E-state index in [0.29, 0.717) is 5.56 Å². The van der Waals surface area contributed by atoms with Gasteiger partial charge in [0.25, 0.3) is 0 Å². The van der Waals surface area contributed by atoms with Crippen LogP contribution in [0.3, 0.4) is 0 Å². The predicted molar refractivity (Wildman–Crippen MR) is 86.3 cm³/mol. The van der Waals surface area contributed by atoms with Gasteiger partial charge in [-0.25, -0.2) is 4.39 Å². The Kier molecular flexibility index (Phi) is 4.77. The van der Waals surface area contributed by atoms with Crippen molar-refractivity contribution in [2.75, 3.05) is 26.2 Å². The van der Waals surface area contributed by atoms with Gasteiger partial charge in [-0.05, 0) is 33.4 Å². The number of rotatable bonds is 3. The number of nitrogens with zero attached hydrogens (tertiary/aromatic N) is 1. The van der Waals surface area contributed by atoms with Crippen LogP contribution < -0.4 is 5.32 Å². The first-order valence-electron chi connectivity index (χ1n) is 6.94. The Morgan fingerprint density at radius 1 is 1.27 bits per heavy atom. The number of hydrogen-bond acceptors (Lipinski definition) is 4. The molecule has 3 nitrogen and oxygen atoms in total. The number of thiophene rings is 1. The third kappa shape index (κ3) is 2.90. The molecule has 1 aromatic carbocycles. The van der Waals surface area contributed by atoms with Gasteiger partial charge in [0.05, 0.1) is 10.5 Å². The number of benzene rings is 1. The summed E-state index contributed by atoms with van der Waals surface area (Å²) in [5.41, 5.74) is 0.384. The molecule has 2 heterocycles. The Labute approximate surface area is 139 Å². The lowest BCUT2D eigenvalue weighted by Gasteiger charge is -2.35. The minimum Gasteiger partial charge on any atom is -0.505 e. The third-order valence-electron chi connectivity index (χ3n) is 3.79. The van der Waals surface area contributed by atoms with Crippen molar-refractivity contribution in [1.29, 1.82) is 0 Å². The van der Waals surface area contributed by atoms with E-state index in [2.05, 4.69) is 26.1 Å². The van der Waals surface area contributed by atoms with E-state index in [0.717, 1.165) is 31.1 Å². The number of piperazine rings is 1. The minimum atomic E-state index is -1.21. The normalized spacial score (nSPS) is 17.6. The van der Waals surface area contributed by atoms with E-state index in [1.165, 1.54) is 17.4 Å². The molecule has 118 valence electrons. The van der Waals surface area contributed by atoms with Crippen LogP contribution in [0.5, 0.6) is 5.75 Å². The maximum Gasteiger partial charge on any atom is 0.201 e. The van der Waals surface area contributed by atoms with Crippen molar-refractivity contribution in [3.05, 3.63) is 50.1 Å². The molecule has 1 aromatic heterocycles. The average molecular weight is 389 g/mol. The van der Waals surface area contributed by atoms with E-state index in [1.54, 1.807) is 0 Å². The lowest BCUT2D eigenvalue weighted by Crippen LogP contribution is -2.45. The number of nitrogens with one attached hydrogen (secondary N) is 1. The van der Waals surface area contributed by atoms with Crippen LogP contribution in [0.15, 0.2) is 28.1 Å². The second-order valence-corrected chi connectivity index (χ2v) is 6.96. The van der Waals surface area contributed by atoms with Gasteiger partial charge in [-0.1, -0.05) is 6.07 Å². The summed E-state index contributed by atoms with van der Waals surface area (Å²) in [6.07, 6.45) is 0. The van der Waals surface area contributed by atoms with Crippen LogP contribution in [0.2, 0.25) is 0 Å². The van der Waals surface area contributed by atoms with Crippen molar-refractivity contribution in [2.45, 2.75) is 6.04 Å². The molecule has 1 fully saturated rings. The van der Waals surface area contributed by atoms with Gasteiger partial charge in [0, 0.05) is 36.6 Å². The van der Waals surface area contributed by atoms with Gasteiger partial charge in [-0.3, -0.25) is 4.90 Å². The molecule has 0 unspecified atom stereocenters. The van der Waals surface area contributed by atoms with Crippen LogP contribution in [0.25, 0.3) is 0 Å². The third-order valence-corrected chi connectivity index (χ3v) is 5.29. The summed E-state index contributed by atoms with van der Waals surface area (Å²) >= 11 is 4.57. The van der Waals surface area contributed by atoms with E-state index in [4.69, 9.17) is 0 Å². The summed E-state index contributed by atoms with van der Waals surface area (Å²) in [7, 11) is 0. The second kappa shape index (κ2) is 6.62. The molecule has 0 spiro atoms. The van der Waals surface area contributed by atoms with Gasteiger partial charge in [-0.2, -0.15) is 4.39 Å². The molecule has 0 bridgehead atoms. The molecule has 0 saturated carbocycles. The first kappa shape index (κ1) is 15.9. The molecule has 1 saturated heterocycles. The summed E-state index contributed by atoms with van der Waals surface area (Å²) in [5, 5.41) is 15.3. The van der Waals surface area contributed by atoms with Gasteiger partial charge in [0.2, 0.25) is 5.82 Å². The molecule has 3 rings (SSSR count). The first-order chi connectivity index (χ1) is 10.6. The molecule has 22 heavy (non-hydrogen) atoms. The van der Waals surface area contributed by atoms with E-state index in [-0.39, 0.29) is 10.5 Å². The summed E-state index contributed by atoms with van der Waals surface area (Å²) < 4.78 is 27.6. The fourth-order valence-electron chi connectivity index (χ4n) is 2.73. The maximum atomic E-state index is 13.9. The molecule has 2 aromatic rings. The summed E-state index contributed by atoms with van der Waals surface area (Å²) in [4.78, 5) is 3.16. The zero-order chi connectivity index (χ0) is 15.7. The lowest BCUT2D eigenvalue weighted by atomic mass is 10.0.